The zero-order valence-electron chi connectivity index (χ0n) is 14.8. The van der Waals surface area contributed by atoms with Gasteiger partial charge in [0.25, 0.3) is 0 Å². The average Bonchev–Trinajstić information content (AvgIpc) is 3.30. The molecule has 28 heavy (non-hydrogen) atoms. The van der Waals surface area contributed by atoms with Crippen molar-refractivity contribution in [1.82, 2.24) is 9.55 Å². The molecule has 2 aromatic carbocycles. The lowest BCUT2D eigenvalue weighted by Gasteiger charge is -2.10. The predicted octanol–water partition coefficient (Wildman–Crippen LogP) is 3.92. The minimum Gasteiger partial charge on any atom is -0.333 e. The third kappa shape index (κ3) is 3.48. The summed E-state index contributed by atoms with van der Waals surface area (Å²) in [7, 11) is -3.37. The van der Waals surface area contributed by atoms with E-state index in [2.05, 4.69) is 4.98 Å². The van der Waals surface area contributed by atoms with Crippen molar-refractivity contribution in [2.45, 2.75) is 11.4 Å². The van der Waals surface area contributed by atoms with E-state index in [0.717, 1.165) is 17.3 Å². The first-order valence-corrected chi connectivity index (χ1v) is 11.1. The molecule has 0 N–H and O–H groups in total. The number of thiazole rings is 1. The molecule has 142 valence electrons. The van der Waals surface area contributed by atoms with Gasteiger partial charge in [0, 0.05) is 35.3 Å². The number of benzene rings is 2. The molecule has 0 aliphatic carbocycles. The highest BCUT2D eigenvalue weighted by Gasteiger charge is 2.20. The molecule has 0 aliphatic rings. The van der Waals surface area contributed by atoms with E-state index in [-0.39, 0.29) is 16.5 Å². The molecule has 0 bridgehead atoms. The summed E-state index contributed by atoms with van der Waals surface area (Å²) >= 11 is 1.24. The van der Waals surface area contributed by atoms with Crippen LogP contribution in [0.2, 0.25) is 0 Å². The first-order valence-electron chi connectivity index (χ1n) is 8.35. The molecule has 0 saturated carbocycles. The molecule has 2 heterocycles. The summed E-state index contributed by atoms with van der Waals surface area (Å²) in [6.07, 6.45) is 2.71. The second-order valence-electron chi connectivity index (χ2n) is 6.40. The van der Waals surface area contributed by atoms with Crippen molar-refractivity contribution in [3.8, 4) is 0 Å². The molecular formula is C20H15FN2O3S2. The molecule has 0 fully saturated rings. The molecular weight excluding hydrogens is 399 g/mol. The Morgan fingerprint density at radius 1 is 1.14 bits per heavy atom. The Morgan fingerprint density at radius 2 is 1.89 bits per heavy atom. The summed E-state index contributed by atoms with van der Waals surface area (Å²) in [4.78, 5) is 17.2. The first-order chi connectivity index (χ1) is 13.3. The molecule has 0 amide bonds. The number of sulfone groups is 1. The highest BCUT2D eigenvalue weighted by atomic mass is 32.2. The largest absolute Gasteiger partial charge is 0.333 e. The molecule has 0 spiro atoms. The van der Waals surface area contributed by atoms with Gasteiger partial charge in [-0.3, -0.25) is 4.79 Å². The van der Waals surface area contributed by atoms with Gasteiger partial charge in [-0.15, -0.1) is 11.3 Å². The maximum Gasteiger partial charge on any atom is 0.237 e. The van der Waals surface area contributed by atoms with Crippen LogP contribution >= 0.6 is 11.3 Å². The molecule has 5 nitrogen and oxygen atoms in total. The number of carbonyl (C=O) groups is 1. The van der Waals surface area contributed by atoms with Crippen molar-refractivity contribution in [3.63, 3.8) is 0 Å². The third-order valence-electron chi connectivity index (χ3n) is 4.41. The number of hydrogen-bond acceptors (Lipinski definition) is 5. The molecule has 0 unspecified atom stereocenters. The number of fused-ring (bicyclic) bond motifs is 1. The maximum absolute atomic E-state index is 13.2. The van der Waals surface area contributed by atoms with E-state index in [1.807, 2.05) is 0 Å². The van der Waals surface area contributed by atoms with E-state index in [1.54, 1.807) is 46.5 Å². The molecule has 0 saturated heterocycles. The van der Waals surface area contributed by atoms with E-state index in [0.29, 0.717) is 22.6 Å². The van der Waals surface area contributed by atoms with Gasteiger partial charge in [-0.25, -0.2) is 17.8 Å². The summed E-state index contributed by atoms with van der Waals surface area (Å²) < 4.78 is 38.8. The van der Waals surface area contributed by atoms with Crippen molar-refractivity contribution < 1.29 is 17.6 Å². The maximum atomic E-state index is 13.2. The van der Waals surface area contributed by atoms with Gasteiger partial charge in [0.15, 0.2) is 14.8 Å². The van der Waals surface area contributed by atoms with E-state index >= 15 is 0 Å². The Bertz CT molecular complexity index is 1280. The fourth-order valence-electron chi connectivity index (χ4n) is 3.06. The van der Waals surface area contributed by atoms with Gasteiger partial charge in [0.1, 0.15) is 5.82 Å². The highest BCUT2D eigenvalue weighted by molar-refractivity contribution is 7.90. The van der Waals surface area contributed by atoms with E-state index in [9.17, 15) is 17.6 Å². The van der Waals surface area contributed by atoms with Crippen molar-refractivity contribution in [2.24, 2.45) is 0 Å². The van der Waals surface area contributed by atoms with Gasteiger partial charge in [-0.05, 0) is 42.0 Å². The van der Waals surface area contributed by atoms with Crippen molar-refractivity contribution in [1.29, 1.82) is 0 Å². The lowest BCUT2D eigenvalue weighted by Crippen LogP contribution is -2.11. The third-order valence-corrected chi connectivity index (χ3v) is 6.30. The summed E-state index contributed by atoms with van der Waals surface area (Å²) in [5.41, 5.74) is 1.94. The van der Waals surface area contributed by atoms with Crippen molar-refractivity contribution >= 4 is 37.9 Å². The SMILES string of the molecule is CS(=O)(=O)c1ccc2c(c1)cc(C(=O)c1nccs1)n2Cc1ccc(F)cc1. The number of carbonyl (C=O) groups excluding carboxylic acids is 1. The standard InChI is InChI=1S/C20H15FN2O3S2/c1-28(25,26)16-6-7-17-14(10-16)11-18(19(24)20-22-8-9-27-20)23(17)12-13-2-4-15(21)5-3-13/h2-11H,12H2,1H3. The van der Waals surface area contributed by atoms with Gasteiger partial charge in [0.2, 0.25) is 5.78 Å². The van der Waals surface area contributed by atoms with Crippen LogP contribution in [0.4, 0.5) is 4.39 Å². The first kappa shape index (κ1) is 18.5. The quantitative estimate of drug-likeness (QED) is 0.464. The van der Waals surface area contributed by atoms with Crippen LogP contribution in [-0.4, -0.2) is 30.0 Å². The van der Waals surface area contributed by atoms with Gasteiger partial charge in [0.05, 0.1) is 10.6 Å². The lowest BCUT2D eigenvalue weighted by molar-refractivity contribution is 0.103. The monoisotopic (exact) mass is 414 g/mol. The van der Waals surface area contributed by atoms with E-state index < -0.39 is 9.84 Å². The second-order valence-corrected chi connectivity index (χ2v) is 9.31. The summed E-state index contributed by atoms with van der Waals surface area (Å²) in [6, 6.07) is 12.5. The molecule has 4 aromatic rings. The number of rotatable bonds is 5. The Kier molecular flexibility index (Phi) is 4.60. The molecule has 2 aromatic heterocycles. The van der Waals surface area contributed by atoms with Crippen LogP contribution in [0.1, 0.15) is 21.1 Å². The minimum absolute atomic E-state index is 0.187. The number of halogens is 1. The van der Waals surface area contributed by atoms with Gasteiger partial charge < -0.3 is 4.57 Å². The van der Waals surface area contributed by atoms with Gasteiger partial charge in [-0.2, -0.15) is 0 Å². The van der Waals surface area contributed by atoms with Crippen molar-refractivity contribution in [3.05, 3.63) is 82.2 Å². The number of ketones is 1. The Labute approximate surface area is 165 Å². The number of hydrogen-bond donors (Lipinski definition) is 0. The lowest BCUT2D eigenvalue weighted by atomic mass is 10.2. The molecule has 0 atom stereocenters. The fourth-order valence-corrected chi connectivity index (χ4v) is 4.30. The van der Waals surface area contributed by atoms with Crippen LogP contribution in [-0.2, 0) is 16.4 Å². The van der Waals surface area contributed by atoms with Crippen LogP contribution in [0.3, 0.4) is 0 Å². The Balaban J connectivity index is 1.89. The normalized spacial score (nSPS) is 11.8. The van der Waals surface area contributed by atoms with Crippen LogP contribution in [0.5, 0.6) is 0 Å². The van der Waals surface area contributed by atoms with Crippen LogP contribution < -0.4 is 0 Å². The van der Waals surface area contributed by atoms with Crippen molar-refractivity contribution in [2.75, 3.05) is 6.26 Å². The summed E-state index contributed by atoms with van der Waals surface area (Å²) in [6.45, 7) is 0.342. The molecule has 0 aliphatic heterocycles. The summed E-state index contributed by atoms with van der Waals surface area (Å²) in [5.74, 6) is -0.577. The highest BCUT2D eigenvalue weighted by Crippen LogP contribution is 2.26. The molecule has 8 heteroatoms. The van der Waals surface area contributed by atoms with Crippen LogP contribution in [0, 0.1) is 5.82 Å². The zero-order valence-corrected chi connectivity index (χ0v) is 16.4. The van der Waals surface area contributed by atoms with E-state index in [4.69, 9.17) is 0 Å². The Morgan fingerprint density at radius 3 is 2.54 bits per heavy atom. The minimum atomic E-state index is -3.37. The topological polar surface area (TPSA) is 69.0 Å². The van der Waals surface area contributed by atoms with Gasteiger partial charge in [-0.1, -0.05) is 12.1 Å². The molecule has 4 rings (SSSR count). The summed E-state index contributed by atoms with van der Waals surface area (Å²) in [5, 5.41) is 2.72. The van der Waals surface area contributed by atoms with Gasteiger partial charge >= 0.3 is 0 Å². The fraction of sp³-hybridized carbons (Fsp3) is 0.100. The number of nitrogens with zero attached hydrogens (tertiary/aromatic N) is 2. The smallest absolute Gasteiger partial charge is 0.237 e. The van der Waals surface area contributed by atoms with Crippen LogP contribution in [0.15, 0.2) is 65.0 Å². The van der Waals surface area contributed by atoms with Crippen LogP contribution in [0.25, 0.3) is 10.9 Å². The van der Waals surface area contributed by atoms with E-state index in [1.165, 1.54) is 29.5 Å². The average molecular weight is 414 g/mol. The zero-order chi connectivity index (χ0) is 19.9. The number of aromatic nitrogens is 2. The second kappa shape index (κ2) is 6.96. The predicted molar refractivity (Wildman–Crippen MR) is 106 cm³/mol. The Hall–Kier alpha value is -2.84. The molecule has 0 radical (unpaired) electrons.